The third-order valence-electron chi connectivity index (χ3n) is 7.24. The van der Waals surface area contributed by atoms with Crippen LogP contribution in [0.3, 0.4) is 0 Å². The monoisotopic (exact) mass is 456 g/mol. The van der Waals surface area contributed by atoms with Crippen molar-refractivity contribution in [2.24, 2.45) is 11.8 Å². The van der Waals surface area contributed by atoms with Crippen LogP contribution in [0.15, 0.2) is 12.2 Å². The van der Waals surface area contributed by atoms with E-state index in [0.717, 1.165) is 38.7 Å². The van der Waals surface area contributed by atoms with Crippen molar-refractivity contribution in [3.05, 3.63) is 12.2 Å². The van der Waals surface area contributed by atoms with Crippen molar-refractivity contribution in [3.63, 3.8) is 0 Å². The maximum Gasteiger partial charge on any atom is 0.303 e. The Morgan fingerprint density at radius 3 is 2.55 bits per heavy atom. The van der Waals surface area contributed by atoms with Gasteiger partial charge in [-0.2, -0.15) is 0 Å². The molecule has 180 valence electrons. The molecule has 5 atom stereocenters. The lowest BCUT2D eigenvalue weighted by Crippen LogP contribution is -2.44. The molecule has 1 aliphatic heterocycles. The zero-order chi connectivity index (χ0) is 23.1. The molecule has 0 bridgehead atoms. The van der Waals surface area contributed by atoms with Crippen molar-refractivity contribution in [3.8, 4) is 0 Å². The number of aliphatic carboxylic acids is 1. The maximum atomic E-state index is 10.8. The zero-order valence-electron chi connectivity index (χ0n) is 20.1. The van der Waals surface area contributed by atoms with Crippen LogP contribution in [-0.2, 0) is 18.7 Å². The first kappa shape index (κ1) is 26.5. The number of carboxylic acids is 1. The highest BCUT2D eigenvalue weighted by molar-refractivity contribution is 6.74. The van der Waals surface area contributed by atoms with Crippen LogP contribution in [0, 0.1) is 11.8 Å². The summed E-state index contributed by atoms with van der Waals surface area (Å²) in [6.45, 7) is 12.6. The van der Waals surface area contributed by atoms with Gasteiger partial charge in [0.25, 0.3) is 0 Å². The molecule has 0 aromatic carbocycles. The minimum atomic E-state index is -1.91. The highest BCUT2D eigenvalue weighted by Gasteiger charge is 2.46. The Labute approximate surface area is 189 Å². The third kappa shape index (κ3) is 8.28. The van der Waals surface area contributed by atoms with Gasteiger partial charge in [-0.3, -0.25) is 4.79 Å². The second-order valence-electron chi connectivity index (χ2n) is 10.7. The van der Waals surface area contributed by atoms with Gasteiger partial charge >= 0.3 is 5.97 Å². The van der Waals surface area contributed by atoms with Gasteiger partial charge in [-0.25, -0.2) is 0 Å². The Bertz CT molecular complexity index is 579. The molecule has 1 saturated carbocycles. The van der Waals surface area contributed by atoms with E-state index in [9.17, 15) is 9.90 Å². The standard InChI is InChI=1S/C24H44O6Si/c1-24(2,3)31(4,5)29-17-19-18(12-8-6-7-9-13-22(26)27)20(25)16-21(19)30-23-14-10-11-15-28-23/h6,8,18-21,23,25H,7,9-17H2,1-5H3,(H,26,27)/b8-6-/t18-,19-,20-,21-,23?/m1/s1. The molecular formula is C24H44O6Si. The fourth-order valence-corrected chi connectivity index (χ4v) is 5.19. The lowest BCUT2D eigenvalue weighted by atomic mass is 9.91. The molecule has 1 saturated heterocycles. The SMILES string of the molecule is CC(C)(C)[Si](C)(C)OC[C@@H]1[C@@H](C/C=C\CCCC(=O)O)[C@H](O)C[C@H]1OC1CCCCO1. The molecule has 0 amide bonds. The lowest BCUT2D eigenvalue weighted by Gasteiger charge is -2.38. The molecule has 2 N–H and O–H groups in total. The lowest BCUT2D eigenvalue weighted by molar-refractivity contribution is -0.197. The summed E-state index contributed by atoms with van der Waals surface area (Å²) in [5.74, 6) is -0.556. The number of allylic oxidation sites excluding steroid dienone is 2. The van der Waals surface area contributed by atoms with Crippen LogP contribution in [0.25, 0.3) is 0 Å². The Morgan fingerprint density at radius 1 is 1.19 bits per heavy atom. The molecule has 2 rings (SSSR count). The van der Waals surface area contributed by atoms with E-state index in [-0.39, 0.29) is 35.7 Å². The number of carbonyl (C=O) groups is 1. The summed E-state index contributed by atoms with van der Waals surface area (Å²) < 4.78 is 18.7. The second-order valence-corrected chi connectivity index (χ2v) is 15.5. The molecule has 1 aliphatic carbocycles. The number of aliphatic hydroxyl groups excluding tert-OH is 1. The van der Waals surface area contributed by atoms with Gasteiger partial charge in [0.2, 0.25) is 0 Å². The van der Waals surface area contributed by atoms with E-state index in [2.05, 4.69) is 39.9 Å². The van der Waals surface area contributed by atoms with Gasteiger partial charge < -0.3 is 24.1 Å². The Morgan fingerprint density at radius 2 is 1.94 bits per heavy atom. The predicted octanol–water partition coefficient (Wildman–Crippen LogP) is 5.12. The van der Waals surface area contributed by atoms with Crippen LogP contribution in [0.2, 0.25) is 18.1 Å². The van der Waals surface area contributed by atoms with Crippen LogP contribution >= 0.6 is 0 Å². The molecule has 7 heteroatoms. The average Bonchev–Trinajstić information content (AvgIpc) is 2.97. The van der Waals surface area contributed by atoms with E-state index in [1.807, 2.05) is 6.08 Å². The second kappa shape index (κ2) is 11.9. The molecule has 2 aliphatic rings. The van der Waals surface area contributed by atoms with Crippen molar-refractivity contribution in [2.75, 3.05) is 13.2 Å². The maximum absolute atomic E-state index is 10.8. The van der Waals surface area contributed by atoms with Gasteiger partial charge in [0.15, 0.2) is 14.6 Å². The third-order valence-corrected chi connectivity index (χ3v) is 11.7. The first-order valence-corrected chi connectivity index (χ1v) is 14.9. The van der Waals surface area contributed by atoms with Crippen molar-refractivity contribution >= 4 is 14.3 Å². The summed E-state index contributed by atoms with van der Waals surface area (Å²) >= 11 is 0. The number of carboxylic acid groups (broad SMARTS) is 1. The smallest absolute Gasteiger partial charge is 0.303 e. The summed E-state index contributed by atoms with van der Waals surface area (Å²) in [5.41, 5.74) is 0. The summed E-state index contributed by atoms with van der Waals surface area (Å²) in [7, 11) is -1.91. The van der Waals surface area contributed by atoms with Gasteiger partial charge in [0.1, 0.15) is 0 Å². The largest absolute Gasteiger partial charge is 0.481 e. The highest BCUT2D eigenvalue weighted by atomic mass is 28.4. The topological polar surface area (TPSA) is 85.2 Å². The van der Waals surface area contributed by atoms with Gasteiger partial charge in [0, 0.05) is 32.0 Å². The Hall–Kier alpha value is -0.733. The number of unbranched alkanes of at least 4 members (excludes halogenated alkanes) is 1. The first-order chi connectivity index (χ1) is 14.5. The quantitative estimate of drug-likeness (QED) is 0.255. The van der Waals surface area contributed by atoms with Crippen LogP contribution in [0.4, 0.5) is 0 Å². The molecule has 6 nitrogen and oxygen atoms in total. The van der Waals surface area contributed by atoms with E-state index in [0.29, 0.717) is 19.4 Å². The molecule has 0 radical (unpaired) electrons. The van der Waals surface area contributed by atoms with Crippen molar-refractivity contribution < 1.29 is 28.9 Å². The summed E-state index contributed by atoms with van der Waals surface area (Å²) in [5, 5.41) is 19.7. The van der Waals surface area contributed by atoms with Gasteiger partial charge in [-0.15, -0.1) is 0 Å². The molecule has 1 unspecified atom stereocenters. The van der Waals surface area contributed by atoms with E-state index in [4.69, 9.17) is 19.0 Å². The molecule has 31 heavy (non-hydrogen) atoms. The number of rotatable bonds is 11. The normalized spacial score (nSPS) is 30.2. The molecule has 0 spiro atoms. The summed E-state index contributed by atoms with van der Waals surface area (Å²) in [6, 6.07) is 0. The minimum Gasteiger partial charge on any atom is -0.481 e. The van der Waals surface area contributed by atoms with E-state index >= 15 is 0 Å². The van der Waals surface area contributed by atoms with E-state index in [1.165, 1.54) is 0 Å². The zero-order valence-corrected chi connectivity index (χ0v) is 21.1. The van der Waals surface area contributed by atoms with E-state index < -0.39 is 20.4 Å². The molecule has 2 fully saturated rings. The summed E-state index contributed by atoms with van der Waals surface area (Å²) in [4.78, 5) is 10.7. The number of aliphatic hydroxyl groups is 1. The van der Waals surface area contributed by atoms with Gasteiger partial charge in [0.05, 0.1) is 12.2 Å². The number of hydrogen-bond acceptors (Lipinski definition) is 5. The molecule has 0 aromatic rings. The first-order valence-electron chi connectivity index (χ1n) is 12.0. The van der Waals surface area contributed by atoms with E-state index in [1.54, 1.807) is 0 Å². The average molecular weight is 457 g/mol. The fourth-order valence-electron chi connectivity index (χ4n) is 4.14. The molecular weight excluding hydrogens is 412 g/mol. The number of ether oxygens (including phenoxy) is 2. The minimum absolute atomic E-state index is 0.0618. The van der Waals surface area contributed by atoms with Crippen molar-refractivity contribution in [2.45, 2.75) is 109 Å². The van der Waals surface area contributed by atoms with Crippen molar-refractivity contribution in [1.29, 1.82) is 0 Å². The Kier molecular flexibility index (Phi) is 10.2. The predicted molar refractivity (Wildman–Crippen MR) is 124 cm³/mol. The van der Waals surface area contributed by atoms with Crippen molar-refractivity contribution in [1.82, 2.24) is 0 Å². The van der Waals surface area contributed by atoms with Gasteiger partial charge in [-0.1, -0.05) is 32.9 Å². The van der Waals surface area contributed by atoms with Crippen LogP contribution in [0.1, 0.15) is 72.1 Å². The van der Waals surface area contributed by atoms with Crippen LogP contribution in [0.5, 0.6) is 0 Å². The van der Waals surface area contributed by atoms with Crippen LogP contribution in [-0.4, -0.2) is 56.2 Å². The number of hydrogen-bond donors (Lipinski definition) is 2. The Balaban J connectivity index is 2.01. The molecule has 1 heterocycles. The van der Waals surface area contributed by atoms with Crippen LogP contribution < -0.4 is 0 Å². The fraction of sp³-hybridized carbons (Fsp3) is 0.875. The molecule has 0 aromatic heterocycles. The van der Waals surface area contributed by atoms with Gasteiger partial charge in [-0.05, 0) is 62.6 Å². The highest BCUT2D eigenvalue weighted by Crippen LogP contribution is 2.42. The summed E-state index contributed by atoms with van der Waals surface area (Å²) in [6.07, 6.45) is 9.53.